The molecule has 13 heteroatoms. The molecule has 0 aliphatic carbocycles. The third-order valence-electron chi connectivity index (χ3n) is 10.5. The maximum atomic E-state index is 17.2. The van der Waals surface area contributed by atoms with Crippen molar-refractivity contribution in [2.45, 2.75) is 55.9 Å². The number of piperazine rings is 1. The molecule has 0 spiro atoms. The normalized spacial score (nSPS) is 24.7. The second-order valence-electron chi connectivity index (χ2n) is 13.3. The quantitative estimate of drug-likeness (QED) is 0.152. The van der Waals surface area contributed by atoms with E-state index in [4.69, 9.17) is 25.6 Å². The lowest BCUT2D eigenvalue weighted by molar-refractivity contribution is -0.120. The molecule has 2 bridgehead atoms. The number of aromatic nitrogens is 2. The summed E-state index contributed by atoms with van der Waals surface area (Å²) in [7, 11) is 1.26. The fourth-order valence-corrected chi connectivity index (χ4v) is 8.45. The van der Waals surface area contributed by atoms with E-state index >= 15 is 13.2 Å². The number of fused-ring (bicyclic) bond motifs is 5. The average molecular weight is 676 g/mol. The van der Waals surface area contributed by atoms with E-state index in [1.807, 2.05) is 4.90 Å². The van der Waals surface area contributed by atoms with E-state index in [0.717, 1.165) is 38.3 Å². The number of hydrogen-bond donors (Lipinski definition) is 1. The van der Waals surface area contributed by atoms with Crippen LogP contribution in [0.25, 0.3) is 32.8 Å². The fraction of sp³-hybridized carbons (Fsp3) is 0.417. The molecule has 4 saturated heterocycles. The standard InChI is InChI=1S/C36H33F4N5O4/c1-3-24-26(38)8-5-19-11-23(49-18-46)12-25(27(19)24)28-30(39)32-29(33(47-2)31(28)40)34(44-15-21-6-7-22(16-44)41-21)43-35(42-32)48-17-36-9-4-10-45(36)14-20(37)13-36/h1,5,8,11-12,18,20-22,41H,4,6-7,9-10,13-17H2,2H3/t20-,21+,22?,36+/m1/s1. The van der Waals surface area contributed by atoms with E-state index in [1.54, 1.807) is 0 Å². The smallest absolute Gasteiger partial charge is 0.319 e. The molecule has 3 aromatic carbocycles. The summed E-state index contributed by atoms with van der Waals surface area (Å²) in [6.07, 6.45) is 8.57. The molecular weight excluding hydrogens is 642 g/mol. The number of ether oxygens (including phenoxy) is 3. The zero-order chi connectivity index (χ0) is 34.0. The molecule has 8 rings (SSSR count). The van der Waals surface area contributed by atoms with Crippen molar-refractivity contribution in [1.29, 1.82) is 0 Å². The van der Waals surface area contributed by atoms with Crippen LogP contribution < -0.4 is 24.4 Å². The first kappa shape index (κ1) is 31.6. The lowest BCUT2D eigenvalue weighted by atomic mass is 9.92. The number of carbonyl (C=O) groups excluding carboxylic acids is 1. The van der Waals surface area contributed by atoms with Crippen LogP contribution in [0.5, 0.6) is 17.5 Å². The molecule has 5 heterocycles. The van der Waals surface area contributed by atoms with Crippen molar-refractivity contribution in [1.82, 2.24) is 20.2 Å². The molecule has 4 atom stereocenters. The number of benzene rings is 3. The van der Waals surface area contributed by atoms with Gasteiger partial charge in [-0.2, -0.15) is 9.97 Å². The maximum Gasteiger partial charge on any atom is 0.319 e. The highest BCUT2D eigenvalue weighted by molar-refractivity contribution is 6.06. The highest BCUT2D eigenvalue weighted by Gasteiger charge is 2.49. The van der Waals surface area contributed by atoms with Gasteiger partial charge in [-0.15, -0.1) is 6.42 Å². The van der Waals surface area contributed by atoms with E-state index < -0.39 is 34.7 Å². The van der Waals surface area contributed by atoms with Gasteiger partial charge in [-0.1, -0.05) is 12.0 Å². The minimum absolute atomic E-state index is 0.00759. The van der Waals surface area contributed by atoms with Crippen molar-refractivity contribution in [2.24, 2.45) is 0 Å². The van der Waals surface area contributed by atoms with Crippen LogP contribution in [0.2, 0.25) is 0 Å². The van der Waals surface area contributed by atoms with Crippen LogP contribution in [0.1, 0.15) is 37.7 Å². The van der Waals surface area contributed by atoms with Crippen LogP contribution in [0.4, 0.5) is 23.4 Å². The number of halogens is 4. The van der Waals surface area contributed by atoms with Crippen molar-refractivity contribution in [3.63, 3.8) is 0 Å². The van der Waals surface area contributed by atoms with Gasteiger partial charge < -0.3 is 24.4 Å². The Morgan fingerprint density at radius 1 is 1.10 bits per heavy atom. The van der Waals surface area contributed by atoms with Crippen molar-refractivity contribution >= 4 is 34.0 Å². The first-order chi connectivity index (χ1) is 23.7. The summed E-state index contributed by atoms with van der Waals surface area (Å²) in [5.74, 6) is -0.801. The van der Waals surface area contributed by atoms with E-state index in [0.29, 0.717) is 26.1 Å². The molecular formula is C36H33F4N5O4. The minimum atomic E-state index is -1.10. The van der Waals surface area contributed by atoms with Crippen LogP contribution in [-0.2, 0) is 4.79 Å². The van der Waals surface area contributed by atoms with Gasteiger partial charge in [0.1, 0.15) is 35.7 Å². The Hall–Kier alpha value is -4.67. The zero-order valence-corrected chi connectivity index (χ0v) is 26.7. The monoisotopic (exact) mass is 675 g/mol. The van der Waals surface area contributed by atoms with E-state index in [1.165, 1.54) is 25.3 Å². The highest BCUT2D eigenvalue weighted by Crippen LogP contribution is 2.47. The molecule has 4 fully saturated rings. The number of alkyl halides is 1. The Morgan fingerprint density at radius 2 is 1.90 bits per heavy atom. The summed E-state index contributed by atoms with van der Waals surface area (Å²) in [5.41, 5.74) is -1.82. The van der Waals surface area contributed by atoms with Crippen LogP contribution >= 0.6 is 0 Å². The van der Waals surface area contributed by atoms with E-state index in [2.05, 4.69) is 21.1 Å². The van der Waals surface area contributed by atoms with Crippen LogP contribution in [-0.4, -0.2) is 85.0 Å². The molecule has 1 unspecified atom stereocenters. The Balaban J connectivity index is 1.36. The predicted molar refractivity (Wildman–Crippen MR) is 174 cm³/mol. The lowest BCUT2D eigenvalue weighted by Crippen LogP contribution is -2.51. The van der Waals surface area contributed by atoms with Crippen LogP contribution in [0, 0.1) is 29.8 Å². The Kier molecular flexibility index (Phi) is 7.76. The van der Waals surface area contributed by atoms with Gasteiger partial charge in [-0.05, 0) is 55.8 Å². The second-order valence-corrected chi connectivity index (χ2v) is 13.3. The number of nitrogens with one attached hydrogen (secondary N) is 1. The second kappa shape index (κ2) is 12.0. The number of terminal acetylenes is 1. The molecule has 1 aromatic heterocycles. The number of nitrogens with zero attached hydrogens (tertiary/aromatic N) is 4. The molecule has 49 heavy (non-hydrogen) atoms. The summed E-state index contributed by atoms with van der Waals surface area (Å²) < 4.78 is 80.7. The molecule has 4 aliphatic heterocycles. The van der Waals surface area contributed by atoms with E-state index in [9.17, 15) is 9.18 Å². The number of carbonyl (C=O) groups is 1. The minimum Gasteiger partial charge on any atom is -0.493 e. The number of methoxy groups -OCH3 is 1. The van der Waals surface area contributed by atoms with Gasteiger partial charge >= 0.3 is 6.01 Å². The Labute approximate surface area is 279 Å². The number of anilines is 1. The fourth-order valence-electron chi connectivity index (χ4n) is 8.45. The highest BCUT2D eigenvalue weighted by atomic mass is 19.1. The third-order valence-corrected chi connectivity index (χ3v) is 10.5. The zero-order valence-electron chi connectivity index (χ0n) is 26.7. The van der Waals surface area contributed by atoms with Crippen molar-refractivity contribution in [2.75, 3.05) is 44.8 Å². The SMILES string of the molecule is C#Cc1c(F)ccc2cc(OC=O)cc(-c3c(F)c(OC)c4c(N5CC6CC[C@@H](C5)N6)nc(OC[C@@]56CCCN5C[C@H](F)C6)nc4c3F)c12. The van der Waals surface area contributed by atoms with Crippen LogP contribution in [0.15, 0.2) is 24.3 Å². The van der Waals surface area contributed by atoms with Crippen molar-refractivity contribution in [3.05, 3.63) is 47.3 Å². The largest absolute Gasteiger partial charge is 0.493 e. The van der Waals surface area contributed by atoms with E-state index in [-0.39, 0.29) is 81.3 Å². The first-order valence-electron chi connectivity index (χ1n) is 16.4. The third kappa shape index (κ3) is 5.11. The summed E-state index contributed by atoms with van der Waals surface area (Å²) in [4.78, 5) is 24.6. The summed E-state index contributed by atoms with van der Waals surface area (Å²) >= 11 is 0. The average Bonchev–Trinajstić information content (AvgIpc) is 3.74. The van der Waals surface area contributed by atoms with Crippen molar-refractivity contribution < 1.29 is 36.6 Å². The molecule has 0 amide bonds. The number of hydrogen-bond acceptors (Lipinski definition) is 9. The van der Waals surface area contributed by atoms with Gasteiger partial charge in [0.25, 0.3) is 6.47 Å². The van der Waals surface area contributed by atoms with Gasteiger partial charge in [0.05, 0.1) is 29.2 Å². The maximum absolute atomic E-state index is 17.2. The van der Waals surface area contributed by atoms with Gasteiger partial charge in [0, 0.05) is 49.1 Å². The molecule has 1 N–H and O–H groups in total. The predicted octanol–water partition coefficient (Wildman–Crippen LogP) is 5.29. The van der Waals surface area contributed by atoms with Gasteiger partial charge in [0.15, 0.2) is 17.4 Å². The van der Waals surface area contributed by atoms with Gasteiger partial charge in [-0.25, -0.2) is 17.6 Å². The molecule has 254 valence electrons. The van der Waals surface area contributed by atoms with Gasteiger partial charge in [-0.3, -0.25) is 9.69 Å². The summed E-state index contributed by atoms with van der Waals surface area (Å²) in [6, 6.07) is 5.31. The van der Waals surface area contributed by atoms with Crippen molar-refractivity contribution in [3.8, 4) is 41.0 Å². The molecule has 4 aromatic rings. The summed E-state index contributed by atoms with van der Waals surface area (Å²) in [5, 5.41) is 3.88. The topological polar surface area (TPSA) is 89.0 Å². The molecule has 4 aliphatic rings. The van der Waals surface area contributed by atoms with Gasteiger partial charge in [0.2, 0.25) is 0 Å². The Bertz CT molecular complexity index is 2040. The molecule has 0 radical (unpaired) electrons. The van der Waals surface area contributed by atoms with Crippen LogP contribution in [0.3, 0.4) is 0 Å². The molecule has 0 saturated carbocycles. The lowest BCUT2D eigenvalue weighted by Gasteiger charge is -2.35. The number of rotatable bonds is 8. The Morgan fingerprint density at radius 3 is 2.63 bits per heavy atom. The first-order valence-corrected chi connectivity index (χ1v) is 16.4. The summed E-state index contributed by atoms with van der Waals surface area (Å²) in [6.45, 7) is 2.40. The molecule has 9 nitrogen and oxygen atoms in total.